The minimum atomic E-state index is -0.210. The van der Waals surface area contributed by atoms with Crippen molar-refractivity contribution in [1.29, 1.82) is 0 Å². The number of anilines is 2. The maximum Gasteiger partial charge on any atom is 0.256 e. The molecule has 140 valence electrons. The number of hydrogen-bond acceptors (Lipinski definition) is 6. The Kier molecular flexibility index (Phi) is 4.53. The van der Waals surface area contributed by atoms with Gasteiger partial charge in [-0.05, 0) is 43.8 Å². The Morgan fingerprint density at radius 3 is 2.63 bits per heavy atom. The molecule has 1 aliphatic rings. The van der Waals surface area contributed by atoms with Crippen LogP contribution in [0, 0.1) is 13.8 Å². The molecule has 2 aromatic heterocycles. The molecule has 0 radical (unpaired) electrons. The van der Waals surface area contributed by atoms with Gasteiger partial charge < -0.3 is 19.5 Å². The van der Waals surface area contributed by atoms with Crippen LogP contribution in [-0.4, -0.2) is 54.0 Å². The first-order valence-electron chi connectivity index (χ1n) is 9.09. The number of rotatable bonds is 3. The zero-order chi connectivity index (χ0) is 19.0. The van der Waals surface area contributed by atoms with Gasteiger partial charge in [0.1, 0.15) is 17.2 Å². The summed E-state index contributed by atoms with van der Waals surface area (Å²) < 4.78 is 5.46. The fraction of sp³-hybridized carbons (Fsp3) is 0.350. The number of nitrogens with zero attached hydrogens (tertiary/aromatic N) is 4. The van der Waals surface area contributed by atoms with Crippen LogP contribution in [0.5, 0.6) is 0 Å². The van der Waals surface area contributed by atoms with Crippen molar-refractivity contribution in [2.45, 2.75) is 13.8 Å². The first kappa shape index (κ1) is 17.5. The second kappa shape index (κ2) is 7.00. The molecule has 1 fully saturated rings. The Labute approximate surface area is 158 Å². The molecular weight excluding hydrogens is 342 g/mol. The van der Waals surface area contributed by atoms with E-state index in [4.69, 9.17) is 9.40 Å². The van der Waals surface area contributed by atoms with Crippen molar-refractivity contribution in [2.24, 2.45) is 0 Å². The van der Waals surface area contributed by atoms with Gasteiger partial charge in [-0.15, -0.1) is 0 Å². The Hall–Kier alpha value is -2.93. The van der Waals surface area contributed by atoms with Crippen molar-refractivity contribution >= 4 is 28.6 Å². The number of carbonyl (C=O) groups excluding carboxylic acids is 1. The summed E-state index contributed by atoms with van der Waals surface area (Å²) in [5.74, 6) is 1.86. The normalized spacial score (nSPS) is 15.3. The van der Waals surface area contributed by atoms with Crippen LogP contribution in [0.1, 0.15) is 21.8 Å². The van der Waals surface area contributed by atoms with Crippen LogP contribution in [0.25, 0.3) is 11.1 Å². The predicted octanol–water partition coefficient (Wildman–Crippen LogP) is 2.84. The van der Waals surface area contributed by atoms with Crippen molar-refractivity contribution in [3.63, 3.8) is 0 Å². The van der Waals surface area contributed by atoms with E-state index >= 15 is 0 Å². The van der Waals surface area contributed by atoms with E-state index < -0.39 is 0 Å². The minimum absolute atomic E-state index is 0.210. The smallest absolute Gasteiger partial charge is 0.256 e. The first-order valence-corrected chi connectivity index (χ1v) is 9.09. The highest BCUT2D eigenvalue weighted by Gasteiger charge is 2.18. The first-order chi connectivity index (χ1) is 13.0. The highest BCUT2D eigenvalue weighted by Crippen LogP contribution is 2.22. The number of pyridine rings is 1. The van der Waals surface area contributed by atoms with Gasteiger partial charge in [-0.3, -0.25) is 4.79 Å². The lowest BCUT2D eigenvalue weighted by Gasteiger charge is -2.34. The second-order valence-corrected chi connectivity index (χ2v) is 7.00. The van der Waals surface area contributed by atoms with Crippen LogP contribution in [0.2, 0.25) is 0 Å². The van der Waals surface area contributed by atoms with E-state index in [1.165, 1.54) is 0 Å². The van der Waals surface area contributed by atoms with Crippen molar-refractivity contribution in [1.82, 2.24) is 14.9 Å². The molecule has 0 saturated carbocycles. The standard InChI is InChI=1S/C20H23N5O2/c1-13-4-7-18(22-19(13)25-10-8-24(3)9-11-25)23-20(26)15-5-6-17-16(12-15)21-14(2)27-17/h4-7,12H,8-11H2,1-3H3,(H,22,23,26). The number of aromatic nitrogens is 2. The molecule has 3 heterocycles. The van der Waals surface area contributed by atoms with Gasteiger partial charge in [0.25, 0.3) is 5.91 Å². The van der Waals surface area contributed by atoms with Gasteiger partial charge in [-0.2, -0.15) is 0 Å². The molecule has 1 aliphatic heterocycles. The van der Waals surface area contributed by atoms with Gasteiger partial charge in [0, 0.05) is 38.7 Å². The fourth-order valence-electron chi connectivity index (χ4n) is 3.30. The summed E-state index contributed by atoms with van der Waals surface area (Å²) in [5, 5.41) is 2.90. The van der Waals surface area contributed by atoms with E-state index in [-0.39, 0.29) is 5.91 Å². The molecule has 0 spiro atoms. The summed E-state index contributed by atoms with van der Waals surface area (Å²) in [6, 6.07) is 9.07. The molecule has 0 atom stereocenters. The Bertz CT molecular complexity index is 989. The van der Waals surface area contributed by atoms with E-state index in [1.54, 1.807) is 25.1 Å². The zero-order valence-electron chi connectivity index (χ0n) is 15.8. The number of hydrogen-bond donors (Lipinski definition) is 1. The summed E-state index contributed by atoms with van der Waals surface area (Å²) in [6.45, 7) is 7.72. The largest absolute Gasteiger partial charge is 0.441 e. The maximum atomic E-state index is 12.7. The molecule has 1 amide bonds. The molecule has 0 aliphatic carbocycles. The number of piperazine rings is 1. The topological polar surface area (TPSA) is 74.5 Å². The number of carbonyl (C=O) groups is 1. The average molecular weight is 365 g/mol. The molecule has 3 aromatic rings. The minimum Gasteiger partial charge on any atom is -0.441 e. The predicted molar refractivity (Wildman–Crippen MR) is 105 cm³/mol. The molecule has 7 heteroatoms. The zero-order valence-corrected chi connectivity index (χ0v) is 15.8. The third kappa shape index (κ3) is 3.64. The fourth-order valence-corrected chi connectivity index (χ4v) is 3.30. The van der Waals surface area contributed by atoms with Gasteiger partial charge in [0.15, 0.2) is 11.5 Å². The van der Waals surface area contributed by atoms with Gasteiger partial charge >= 0.3 is 0 Å². The summed E-state index contributed by atoms with van der Waals surface area (Å²) in [6.07, 6.45) is 0. The van der Waals surface area contributed by atoms with Crippen molar-refractivity contribution in [3.8, 4) is 0 Å². The van der Waals surface area contributed by atoms with E-state index in [0.29, 0.717) is 28.4 Å². The van der Waals surface area contributed by atoms with Crippen molar-refractivity contribution in [3.05, 3.63) is 47.3 Å². The quantitative estimate of drug-likeness (QED) is 0.769. The van der Waals surface area contributed by atoms with E-state index in [0.717, 1.165) is 37.6 Å². The number of benzene rings is 1. The molecule has 4 rings (SSSR count). The summed E-state index contributed by atoms with van der Waals surface area (Å²) in [5.41, 5.74) is 2.99. The van der Waals surface area contributed by atoms with Crippen LogP contribution in [0.4, 0.5) is 11.6 Å². The summed E-state index contributed by atoms with van der Waals surface area (Å²) in [7, 11) is 2.13. The van der Waals surface area contributed by atoms with E-state index in [9.17, 15) is 4.79 Å². The second-order valence-electron chi connectivity index (χ2n) is 7.00. The van der Waals surface area contributed by atoms with E-state index in [1.807, 2.05) is 19.1 Å². The van der Waals surface area contributed by atoms with Crippen LogP contribution < -0.4 is 10.2 Å². The number of fused-ring (bicyclic) bond motifs is 1. The molecule has 0 unspecified atom stereocenters. The number of likely N-dealkylation sites (N-methyl/N-ethyl adjacent to an activating group) is 1. The molecular formula is C20H23N5O2. The molecule has 1 saturated heterocycles. The maximum absolute atomic E-state index is 12.7. The monoisotopic (exact) mass is 365 g/mol. The SMILES string of the molecule is Cc1nc2cc(C(=O)Nc3ccc(C)c(N4CCN(C)CC4)n3)ccc2o1. The van der Waals surface area contributed by atoms with Gasteiger partial charge in [-0.25, -0.2) is 9.97 Å². The molecule has 27 heavy (non-hydrogen) atoms. The average Bonchev–Trinajstić information content (AvgIpc) is 3.03. The van der Waals surface area contributed by atoms with Crippen LogP contribution in [0.15, 0.2) is 34.7 Å². The number of aryl methyl sites for hydroxylation is 2. The van der Waals surface area contributed by atoms with Crippen molar-refractivity contribution in [2.75, 3.05) is 43.4 Å². The highest BCUT2D eigenvalue weighted by molar-refractivity contribution is 6.05. The van der Waals surface area contributed by atoms with Gasteiger partial charge in [0.05, 0.1) is 0 Å². The lowest BCUT2D eigenvalue weighted by molar-refractivity contribution is 0.102. The summed E-state index contributed by atoms with van der Waals surface area (Å²) in [4.78, 5) is 26.2. The Balaban J connectivity index is 1.54. The Morgan fingerprint density at radius 1 is 1.07 bits per heavy atom. The third-order valence-corrected chi connectivity index (χ3v) is 4.87. The third-order valence-electron chi connectivity index (χ3n) is 4.87. The van der Waals surface area contributed by atoms with Crippen LogP contribution >= 0.6 is 0 Å². The summed E-state index contributed by atoms with van der Waals surface area (Å²) >= 11 is 0. The van der Waals surface area contributed by atoms with Crippen LogP contribution in [0.3, 0.4) is 0 Å². The lowest BCUT2D eigenvalue weighted by atomic mass is 10.2. The van der Waals surface area contributed by atoms with Gasteiger partial charge in [0.2, 0.25) is 0 Å². The highest BCUT2D eigenvalue weighted by atomic mass is 16.3. The Morgan fingerprint density at radius 2 is 1.85 bits per heavy atom. The van der Waals surface area contributed by atoms with Crippen LogP contribution in [-0.2, 0) is 0 Å². The molecule has 7 nitrogen and oxygen atoms in total. The number of oxazole rings is 1. The molecule has 1 aromatic carbocycles. The van der Waals surface area contributed by atoms with E-state index in [2.05, 4.69) is 27.1 Å². The number of nitrogens with one attached hydrogen (secondary N) is 1. The molecule has 0 bridgehead atoms. The molecule has 1 N–H and O–H groups in total. The lowest BCUT2D eigenvalue weighted by Crippen LogP contribution is -2.45. The number of amides is 1. The van der Waals surface area contributed by atoms with Crippen molar-refractivity contribution < 1.29 is 9.21 Å². The van der Waals surface area contributed by atoms with Gasteiger partial charge in [-0.1, -0.05) is 6.07 Å².